The maximum absolute atomic E-state index is 9.54. The van der Waals surface area contributed by atoms with Crippen LogP contribution in [0.5, 0.6) is 11.8 Å². The quantitative estimate of drug-likeness (QED) is 0.727. The summed E-state index contributed by atoms with van der Waals surface area (Å²) < 4.78 is 6.88. The summed E-state index contributed by atoms with van der Waals surface area (Å²) in [4.78, 5) is 7.83. The van der Waals surface area contributed by atoms with Gasteiger partial charge >= 0.3 is 0 Å². The van der Waals surface area contributed by atoms with Crippen molar-refractivity contribution in [3.8, 4) is 28.7 Å². The summed E-state index contributed by atoms with van der Waals surface area (Å²) in [5.74, 6) is 0.304. The molecule has 120 valence electrons. The minimum absolute atomic E-state index is 0. The van der Waals surface area contributed by atoms with Crippen LogP contribution in [0.3, 0.4) is 0 Å². The summed E-state index contributed by atoms with van der Waals surface area (Å²) in [7, 11) is 0. The first-order valence-electron chi connectivity index (χ1n) is 6.54. The molecule has 2 heterocycles. The normalized spacial score (nSPS) is 10.2. The van der Waals surface area contributed by atoms with E-state index < -0.39 is 0 Å². The molecule has 0 spiro atoms. The van der Waals surface area contributed by atoms with Crippen LogP contribution >= 0.6 is 28.6 Å². The van der Waals surface area contributed by atoms with Gasteiger partial charge in [-0.1, -0.05) is 21.9 Å². The number of aromatic hydroxyl groups is 1. The van der Waals surface area contributed by atoms with Crippen LogP contribution in [0.4, 0.5) is 0 Å². The van der Waals surface area contributed by atoms with E-state index >= 15 is 0 Å². The Morgan fingerprint density at radius 1 is 1.26 bits per heavy atom. The fourth-order valence-electron chi connectivity index (χ4n) is 1.99. The Labute approximate surface area is 147 Å². The Balaban J connectivity index is 0.00000192. The van der Waals surface area contributed by atoms with Crippen LogP contribution in [0.25, 0.3) is 16.9 Å². The van der Waals surface area contributed by atoms with Gasteiger partial charge in [-0.3, -0.25) is 0 Å². The van der Waals surface area contributed by atoms with Crippen molar-refractivity contribution in [1.29, 1.82) is 0 Å². The molecule has 7 nitrogen and oxygen atoms in total. The Bertz CT molecular complexity index is 811. The van der Waals surface area contributed by atoms with Gasteiger partial charge in [-0.25, -0.2) is 14.6 Å². The molecule has 0 aliphatic heterocycles. The second-order valence-electron chi connectivity index (χ2n) is 4.36. The van der Waals surface area contributed by atoms with Crippen molar-refractivity contribution in [2.24, 2.45) is 0 Å². The first-order valence-corrected chi connectivity index (χ1v) is 6.91. The highest BCUT2D eigenvalue weighted by atomic mass is 79.9. The number of benzene rings is 1. The number of halogens is 2. The van der Waals surface area contributed by atoms with E-state index in [1.54, 1.807) is 29.1 Å². The van der Waals surface area contributed by atoms with Gasteiger partial charge < -0.3 is 9.84 Å². The predicted molar refractivity (Wildman–Crippen MR) is 90.6 cm³/mol. The van der Waals surface area contributed by atoms with Crippen LogP contribution in [0, 0.1) is 0 Å². The van der Waals surface area contributed by atoms with E-state index in [1.165, 1.54) is 12.4 Å². The van der Waals surface area contributed by atoms with E-state index in [9.17, 15) is 5.11 Å². The molecule has 1 N–H and O–H groups in total. The second kappa shape index (κ2) is 7.38. The van der Waals surface area contributed by atoms with Crippen molar-refractivity contribution in [3.63, 3.8) is 0 Å². The molecular weight excluding hydrogens is 386 g/mol. The molecule has 23 heavy (non-hydrogen) atoms. The summed E-state index contributed by atoms with van der Waals surface area (Å²) in [6.07, 6.45) is 2.94. The SMILES string of the molecule is Br.CCOc1cn(-c2ccc(Cl)cc2-c2cc(O)ncn2)nn1. The third-order valence-corrected chi connectivity index (χ3v) is 3.13. The standard InChI is InChI=1S/C14H12ClN5O2.BrH/c1-2-22-14-7-20(19-18-14)12-4-3-9(15)5-10(12)11-6-13(21)17-8-16-11;/h3-8H,2H2,1H3,(H,16,17,21);1H. The highest BCUT2D eigenvalue weighted by Gasteiger charge is 2.12. The molecular formula is C14H13BrClN5O2. The number of hydrogen-bond donors (Lipinski definition) is 1. The molecule has 0 aliphatic carbocycles. The van der Waals surface area contributed by atoms with Crippen molar-refractivity contribution < 1.29 is 9.84 Å². The molecule has 0 unspecified atom stereocenters. The highest BCUT2D eigenvalue weighted by Crippen LogP contribution is 2.29. The van der Waals surface area contributed by atoms with Gasteiger partial charge in [0.25, 0.3) is 5.88 Å². The van der Waals surface area contributed by atoms with Gasteiger partial charge in [0.2, 0.25) is 5.88 Å². The van der Waals surface area contributed by atoms with Crippen LogP contribution in [-0.4, -0.2) is 36.7 Å². The second-order valence-corrected chi connectivity index (χ2v) is 4.79. The van der Waals surface area contributed by atoms with Gasteiger partial charge in [-0.05, 0) is 25.1 Å². The van der Waals surface area contributed by atoms with Crippen LogP contribution in [0.1, 0.15) is 6.92 Å². The molecule has 3 aromatic rings. The third kappa shape index (κ3) is 3.77. The molecule has 0 fully saturated rings. The Hall–Kier alpha value is -2.19. The van der Waals surface area contributed by atoms with Crippen molar-refractivity contribution in [3.05, 3.63) is 41.8 Å². The molecule has 0 bridgehead atoms. The number of hydrogen-bond acceptors (Lipinski definition) is 6. The maximum Gasteiger partial charge on any atom is 0.253 e. The molecule has 9 heteroatoms. The van der Waals surface area contributed by atoms with Crippen molar-refractivity contribution in [2.45, 2.75) is 6.92 Å². The zero-order chi connectivity index (χ0) is 15.5. The van der Waals surface area contributed by atoms with Crippen molar-refractivity contribution in [2.75, 3.05) is 6.61 Å². The summed E-state index contributed by atoms with van der Waals surface area (Å²) in [6, 6.07) is 6.72. The van der Waals surface area contributed by atoms with Crippen LogP contribution in [0.15, 0.2) is 36.8 Å². The molecule has 0 amide bonds. The van der Waals surface area contributed by atoms with E-state index in [0.717, 1.165) is 0 Å². The molecule has 0 atom stereocenters. The largest absolute Gasteiger partial charge is 0.493 e. The van der Waals surface area contributed by atoms with Crippen LogP contribution in [0.2, 0.25) is 5.02 Å². The summed E-state index contributed by atoms with van der Waals surface area (Å²) in [5, 5.41) is 18.1. The molecule has 0 aliphatic rings. The van der Waals surface area contributed by atoms with Gasteiger partial charge in [0.15, 0.2) is 0 Å². The van der Waals surface area contributed by atoms with E-state index in [1.807, 2.05) is 6.92 Å². The fourth-order valence-corrected chi connectivity index (χ4v) is 2.16. The monoisotopic (exact) mass is 397 g/mol. The third-order valence-electron chi connectivity index (χ3n) is 2.90. The lowest BCUT2D eigenvalue weighted by atomic mass is 10.1. The lowest BCUT2D eigenvalue weighted by Crippen LogP contribution is -1.99. The topological polar surface area (TPSA) is 86.0 Å². The molecule has 0 saturated carbocycles. The molecule has 1 aromatic carbocycles. The highest BCUT2D eigenvalue weighted by molar-refractivity contribution is 8.93. The van der Waals surface area contributed by atoms with Crippen LogP contribution < -0.4 is 4.74 Å². The average Bonchev–Trinajstić information content (AvgIpc) is 2.96. The first-order chi connectivity index (χ1) is 10.7. The molecule has 3 rings (SSSR count). The number of rotatable bonds is 4. The minimum atomic E-state index is -0.121. The van der Waals surface area contributed by atoms with E-state index in [2.05, 4.69) is 20.3 Å². The first kappa shape index (κ1) is 17.2. The summed E-state index contributed by atoms with van der Waals surface area (Å²) in [6.45, 7) is 2.38. The molecule has 0 saturated heterocycles. The minimum Gasteiger partial charge on any atom is -0.493 e. The number of aromatic nitrogens is 5. The van der Waals surface area contributed by atoms with E-state index in [4.69, 9.17) is 16.3 Å². The number of ether oxygens (including phenoxy) is 1. The predicted octanol–water partition coefficient (Wildman–Crippen LogP) is 3.06. The van der Waals surface area contributed by atoms with Crippen molar-refractivity contribution >= 4 is 28.6 Å². The van der Waals surface area contributed by atoms with Gasteiger partial charge in [0.1, 0.15) is 6.33 Å². The zero-order valence-corrected chi connectivity index (χ0v) is 14.5. The van der Waals surface area contributed by atoms with Gasteiger partial charge in [-0.2, -0.15) is 0 Å². The van der Waals surface area contributed by atoms with Crippen molar-refractivity contribution in [1.82, 2.24) is 25.0 Å². The smallest absolute Gasteiger partial charge is 0.253 e. The summed E-state index contributed by atoms with van der Waals surface area (Å²) >= 11 is 6.07. The van der Waals surface area contributed by atoms with Gasteiger partial charge in [0, 0.05) is 16.7 Å². The Morgan fingerprint density at radius 3 is 2.83 bits per heavy atom. The van der Waals surface area contributed by atoms with Gasteiger partial charge in [0.05, 0.1) is 24.2 Å². The Morgan fingerprint density at radius 2 is 2.09 bits per heavy atom. The summed E-state index contributed by atoms with van der Waals surface area (Å²) in [5.41, 5.74) is 1.93. The lowest BCUT2D eigenvalue weighted by molar-refractivity contribution is 0.326. The lowest BCUT2D eigenvalue weighted by Gasteiger charge is -2.09. The van der Waals surface area contributed by atoms with E-state index in [0.29, 0.717) is 34.5 Å². The zero-order valence-electron chi connectivity index (χ0n) is 12.0. The van der Waals surface area contributed by atoms with Gasteiger partial charge in [-0.15, -0.1) is 17.0 Å². The average molecular weight is 399 g/mol. The fraction of sp³-hybridized carbons (Fsp3) is 0.143. The van der Waals surface area contributed by atoms with E-state index in [-0.39, 0.29) is 22.9 Å². The maximum atomic E-state index is 9.54. The number of nitrogens with zero attached hydrogens (tertiary/aromatic N) is 5. The molecule has 0 radical (unpaired) electrons. The van der Waals surface area contributed by atoms with Crippen LogP contribution in [-0.2, 0) is 0 Å². The Kier molecular flexibility index (Phi) is 5.51. The molecule has 2 aromatic heterocycles.